The van der Waals surface area contributed by atoms with E-state index < -0.39 is 11.0 Å². The number of thiophene rings is 1. The van der Waals surface area contributed by atoms with Crippen molar-refractivity contribution in [1.82, 2.24) is 30.0 Å². The van der Waals surface area contributed by atoms with Crippen LogP contribution in [0.3, 0.4) is 0 Å². The molecule has 0 spiro atoms. The summed E-state index contributed by atoms with van der Waals surface area (Å²) in [5.41, 5.74) is -0.119. The van der Waals surface area contributed by atoms with Gasteiger partial charge in [0.2, 0.25) is 5.82 Å². The van der Waals surface area contributed by atoms with E-state index in [1.54, 1.807) is 0 Å². The van der Waals surface area contributed by atoms with Crippen LogP contribution in [0.25, 0.3) is 10.7 Å². The van der Waals surface area contributed by atoms with Crippen LogP contribution in [0.5, 0.6) is 0 Å². The fourth-order valence-corrected chi connectivity index (χ4v) is 2.48. The number of tetrazole rings is 1. The topological polar surface area (TPSA) is 125 Å². The van der Waals surface area contributed by atoms with Gasteiger partial charge < -0.3 is 5.11 Å². The van der Waals surface area contributed by atoms with Crippen LogP contribution in [0.15, 0.2) is 29.9 Å². The van der Waals surface area contributed by atoms with Crippen molar-refractivity contribution in [2.45, 2.75) is 19.2 Å². The Morgan fingerprint density at radius 3 is 3.00 bits per heavy atom. The molecule has 0 aliphatic rings. The minimum Gasteiger partial charge on any atom is -0.389 e. The molecule has 3 aromatic heterocycles. The molecule has 0 aliphatic carbocycles. The number of aliphatic hydroxyl groups excluding tert-OH is 1. The molecule has 1 N–H and O–H groups in total. The van der Waals surface area contributed by atoms with Gasteiger partial charge in [-0.25, -0.2) is 0 Å². The zero-order chi connectivity index (χ0) is 15.5. The summed E-state index contributed by atoms with van der Waals surface area (Å²) < 4.78 is 1.31. The molecular weight excluding hydrogens is 310 g/mol. The Morgan fingerprint density at radius 2 is 2.32 bits per heavy atom. The van der Waals surface area contributed by atoms with E-state index in [0.29, 0.717) is 5.82 Å². The maximum absolute atomic E-state index is 10.6. The summed E-state index contributed by atoms with van der Waals surface area (Å²) in [6.45, 7) is 0.218. The largest absolute Gasteiger partial charge is 0.389 e. The van der Waals surface area contributed by atoms with E-state index in [-0.39, 0.29) is 18.8 Å². The van der Waals surface area contributed by atoms with E-state index in [2.05, 4.69) is 20.5 Å². The summed E-state index contributed by atoms with van der Waals surface area (Å²) in [5.74, 6) is 0.497. The van der Waals surface area contributed by atoms with Gasteiger partial charge in [0.15, 0.2) is 0 Å². The van der Waals surface area contributed by atoms with E-state index >= 15 is 0 Å². The Morgan fingerprint density at radius 1 is 1.45 bits per heavy atom. The first-order chi connectivity index (χ1) is 10.6. The predicted octanol–water partition coefficient (Wildman–Crippen LogP) is 0.567. The van der Waals surface area contributed by atoms with Crippen molar-refractivity contribution in [3.05, 3.63) is 40.0 Å². The predicted molar refractivity (Wildman–Crippen MR) is 76.0 cm³/mol. The highest BCUT2D eigenvalue weighted by Crippen LogP contribution is 2.19. The summed E-state index contributed by atoms with van der Waals surface area (Å²) >= 11 is 1.50. The second-order valence-electron chi connectivity index (χ2n) is 4.48. The minimum atomic E-state index is -0.843. The van der Waals surface area contributed by atoms with Gasteiger partial charge in [-0.3, -0.25) is 14.8 Å². The van der Waals surface area contributed by atoms with Crippen LogP contribution in [0.4, 0.5) is 5.69 Å². The second-order valence-corrected chi connectivity index (χ2v) is 5.42. The molecule has 3 aromatic rings. The van der Waals surface area contributed by atoms with Gasteiger partial charge in [0, 0.05) is 0 Å². The standard InChI is InChI=1S/C11H11N7O3S/c19-9(6-16-5-8(4-12-16)18(20)21)7-17-14-11(13-15-17)10-2-1-3-22-10/h1-5,9,19H,6-7H2/t9-/m0/s1. The number of hydrogen-bond acceptors (Lipinski definition) is 8. The smallest absolute Gasteiger partial charge is 0.306 e. The maximum atomic E-state index is 10.6. The fraction of sp³-hybridized carbons (Fsp3) is 0.273. The summed E-state index contributed by atoms with van der Waals surface area (Å²) in [6, 6.07) is 3.77. The van der Waals surface area contributed by atoms with Crippen molar-refractivity contribution in [2.75, 3.05) is 0 Å². The third kappa shape index (κ3) is 3.15. The highest BCUT2D eigenvalue weighted by Gasteiger charge is 2.14. The highest BCUT2D eigenvalue weighted by molar-refractivity contribution is 7.13. The first-order valence-corrected chi connectivity index (χ1v) is 7.16. The Balaban J connectivity index is 1.61. The molecule has 11 heteroatoms. The van der Waals surface area contributed by atoms with E-state index in [1.807, 2.05) is 17.5 Å². The van der Waals surface area contributed by atoms with E-state index in [9.17, 15) is 15.2 Å². The average Bonchev–Trinajstić information content (AvgIpc) is 3.18. The third-order valence-corrected chi connectivity index (χ3v) is 3.66. The lowest BCUT2D eigenvalue weighted by Gasteiger charge is -2.08. The van der Waals surface area contributed by atoms with Crippen molar-refractivity contribution >= 4 is 17.0 Å². The molecule has 0 bridgehead atoms. The molecule has 0 unspecified atom stereocenters. The van der Waals surface area contributed by atoms with Crippen molar-refractivity contribution in [2.24, 2.45) is 0 Å². The van der Waals surface area contributed by atoms with Crippen molar-refractivity contribution in [3.8, 4) is 10.7 Å². The molecule has 0 aliphatic heterocycles. The first-order valence-electron chi connectivity index (χ1n) is 6.28. The maximum Gasteiger partial charge on any atom is 0.306 e. The molecule has 0 radical (unpaired) electrons. The van der Waals surface area contributed by atoms with Crippen LogP contribution in [0, 0.1) is 10.1 Å². The molecule has 1 atom stereocenters. The van der Waals surface area contributed by atoms with Gasteiger partial charge in [-0.05, 0) is 16.7 Å². The fourth-order valence-electron chi connectivity index (χ4n) is 1.83. The van der Waals surface area contributed by atoms with Crippen molar-refractivity contribution < 1.29 is 10.0 Å². The molecule has 22 heavy (non-hydrogen) atoms. The quantitative estimate of drug-likeness (QED) is 0.519. The lowest BCUT2D eigenvalue weighted by molar-refractivity contribution is -0.385. The van der Waals surface area contributed by atoms with Crippen LogP contribution in [0.1, 0.15) is 0 Å². The monoisotopic (exact) mass is 321 g/mol. The number of hydrogen-bond donors (Lipinski definition) is 1. The number of aliphatic hydroxyl groups is 1. The molecule has 3 heterocycles. The van der Waals surface area contributed by atoms with E-state index in [1.165, 1.54) is 27.0 Å². The number of aromatic nitrogens is 6. The zero-order valence-electron chi connectivity index (χ0n) is 11.2. The van der Waals surface area contributed by atoms with Gasteiger partial charge in [0.05, 0.1) is 29.0 Å². The first kappa shape index (κ1) is 14.3. The van der Waals surface area contributed by atoms with Crippen LogP contribution < -0.4 is 0 Å². The highest BCUT2D eigenvalue weighted by atomic mass is 32.1. The summed E-state index contributed by atoms with van der Waals surface area (Å²) in [6.07, 6.45) is 1.55. The molecule has 0 saturated carbocycles. The lowest BCUT2D eigenvalue weighted by Crippen LogP contribution is -2.23. The van der Waals surface area contributed by atoms with Gasteiger partial charge >= 0.3 is 5.69 Å². The van der Waals surface area contributed by atoms with Crippen molar-refractivity contribution in [3.63, 3.8) is 0 Å². The Hall–Kier alpha value is -2.66. The van der Waals surface area contributed by atoms with E-state index in [0.717, 1.165) is 11.1 Å². The van der Waals surface area contributed by atoms with Crippen LogP contribution in [-0.4, -0.2) is 46.1 Å². The summed E-state index contributed by atoms with van der Waals surface area (Å²) in [5, 5.41) is 38.2. The zero-order valence-corrected chi connectivity index (χ0v) is 12.0. The summed E-state index contributed by atoms with van der Waals surface area (Å²) in [7, 11) is 0. The minimum absolute atomic E-state index is 0.101. The van der Waals surface area contributed by atoms with Crippen molar-refractivity contribution in [1.29, 1.82) is 0 Å². The molecule has 3 rings (SSSR count). The molecule has 0 saturated heterocycles. The number of rotatable bonds is 6. The Bertz CT molecular complexity index is 766. The Kier molecular flexibility index (Phi) is 3.89. The van der Waals surface area contributed by atoms with E-state index in [4.69, 9.17) is 0 Å². The van der Waals surface area contributed by atoms with Gasteiger partial charge in [0.25, 0.3) is 0 Å². The van der Waals surface area contributed by atoms with Gasteiger partial charge in [-0.15, -0.1) is 21.5 Å². The van der Waals surface area contributed by atoms with Crippen LogP contribution in [0.2, 0.25) is 0 Å². The molecule has 0 amide bonds. The molecule has 0 aromatic carbocycles. The second kappa shape index (κ2) is 5.99. The van der Waals surface area contributed by atoms with Crippen LogP contribution >= 0.6 is 11.3 Å². The molecular formula is C11H11N7O3S. The molecule has 0 fully saturated rings. The Labute approximate surface area is 127 Å². The number of nitro groups is 1. The third-order valence-electron chi connectivity index (χ3n) is 2.80. The molecule has 10 nitrogen and oxygen atoms in total. The lowest BCUT2D eigenvalue weighted by atomic mass is 10.3. The SMILES string of the molecule is O=[N+]([O-])c1cnn(C[C@H](O)Cn2nnc(-c3cccs3)n2)c1. The molecule has 114 valence electrons. The van der Waals surface area contributed by atoms with Crippen LogP contribution in [-0.2, 0) is 13.1 Å². The average molecular weight is 321 g/mol. The van der Waals surface area contributed by atoms with Gasteiger partial charge in [0.1, 0.15) is 12.4 Å². The summed E-state index contributed by atoms with van der Waals surface area (Å²) in [4.78, 5) is 12.2. The van der Waals surface area contributed by atoms with Gasteiger partial charge in [-0.2, -0.15) is 9.90 Å². The van der Waals surface area contributed by atoms with Gasteiger partial charge in [-0.1, -0.05) is 6.07 Å². The normalized spacial score (nSPS) is 12.4. The number of nitrogens with zero attached hydrogens (tertiary/aromatic N) is 7.